The Morgan fingerprint density at radius 3 is 2.50 bits per heavy atom. The van der Waals surface area contributed by atoms with Gasteiger partial charge in [0.05, 0.1) is 5.60 Å². The van der Waals surface area contributed by atoms with Gasteiger partial charge < -0.3 is 10.0 Å². The Labute approximate surface area is 135 Å². The number of rotatable bonds is 5. The topological polar surface area (TPSA) is 53.4 Å². The lowest BCUT2D eigenvalue weighted by molar-refractivity contribution is 0.0312. The Morgan fingerprint density at radius 2 is 1.95 bits per heavy atom. The molecule has 2 aromatic rings. The van der Waals surface area contributed by atoms with E-state index in [-0.39, 0.29) is 5.91 Å². The predicted molar refractivity (Wildman–Crippen MR) is 90.2 cm³/mol. The van der Waals surface area contributed by atoms with Crippen molar-refractivity contribution in [3.8, 4) is 10.6 Å². The van der Waals surface area contributed by atoms with Crippen molar-refractivity contribution in [3.05, 3.63) is 40.9 Å². The minimum absolute atomic E-state index is 0.140. The van der Waals surface area contributed by atoms with Crippen LogP contribution >= 0.6 is 11.3 Å². The van der Waals surface area contributed by atoms with E-state index in [9.17, 15) is 9.90 Å². The average Bonchev–Trinajstić information content (AvgIpc) is 2.93. The fourth-order valence-electron chi connectivity index (χ4n) is 2.16. The summed E-state index contributed by atoms with van der Waals surface area (Å²) in [6.45, 7) is 8.16. The quantitative estimate of drug-likeness (QED) is 0.920. The molecule has 0 saturated carbocycles. The number of aliphatic hydroxyl groups is 1. The summed E-state index contributed by atoms with van der Waals surface area (Å²) in [5.74, 6) is -0.140. The molecule has 1 N–H and O–H groups in total. The smallest absolute Gasteiger partial charge is 0.273 e. The Hall–Kier alpha value is -1.72. The molecule has 0 saturated heterocycles. The zero-order chi connectivity index (χ0) is 16.3. The number of nitrogens with zero attached hydrogens (tertiary/aromatic N) is 2. The number of amides is 1. The van der Waals surface area contributed by atoms with Gasteiger partial charge in [-0.2, -0.15) is 0 Å². The molecule has 0 bridgehead atoms. The standard InChI is InChI=1S/C17H22N2O2S/c1-5-19(11-17(3,4)21)16(20)14-10-22-15(18-14)13-8-6-12(2)7-9-13/h6-10,21H,5,11H2,1-4H3. The average molecular weight is 318 g/mol. The van der Waals surface area contributed by atoms with E-state index in [0.717, 1.165) is 10.6 Å². The summed E-state index contributed by atoms with van der Waals surface area (Å²) < 4.78 is 0. The Morgan fingerprint density at radius 1 is 1.32 bits per heavy atom. The van der Waals surface area contributed by atoms with Gasteiger partial charge in [-0.25, -0.2) is 4.98 Å². The van der Waals surface area contributed by atoms with Gasteiger partial charge in [-0.05, 0) is 27.7 Å². The van der Waals surface area contributed by atoms with E-state index in [2.05, 4.69) is 4.98 Å². The zero-order valence-corrected chi connectivity index (χ0v) is 14.3. The summed E-state index contributed by atoms with van der Waals surface area (Å²) in [6, 6.07) is 8.09. The van der Waals surface area contributed by atoms with Crippen molar-refractivity contribution in [2.24, 2.45) is 0 Å². The molecule has 0 radical (unpaired) electrons. The number of carbonyl (C=O) groups is 1. The molecule has 4 nitrogen and oxygen atoms in total. The lowest BCUT2D eigenvalue weighted by Gasteiger charge is -2.27. The Bertz CT molecular complexity index is 641. The molecule has 1 amide bonds. The van der Waals surface area contributed by atoms with Gasteiger partial charge in [0.2, 0.25) is 0 Å². The van der Waals surface area contributed by atoms with E-state index in [4.69, 9.17) is 0 Å². The van der Waals surface area contributed by atoms with Gasteiger partial charge in [0.25, 0.3) is 5.91 Å². The number of carbonyl (C=O) groups excluding carboxylic acids is 1. The van der Waals surface area contributed by atoms with Gasteiger partial charge in [-0.15, -0.1) is 11.3 Å². The first kappa shape index (κ1) is 16.6. The van der Waals surface area contributed by atoms with Gasteiger partial charge in [-0.1, -0.05) is 29.8 Å². The molecule has 0 aliphatic rings. The second-order valence-electron chi connectivity index (χ2n) is 6.04. The van der Waals surface area contributed by atoms with Gasteiger partial charge in [0.1, 0.15) is 10.7 Å². The van der Waals surface area contributed by atoms with Crippen molar-refractivity contribution in [2.75, 3.05) is 13.1 Å². The third-order valence-electron chi connectivity index (χ3n) is 3.27. The van der Waals surface area contributed by atoms with Crippen LogP contribution in [0.1, 0.15) is 36.8 Å². The van der Waals surface area contributed by atoms with Crippen LogP contribution in [-0.2, 0) is 0 Å². The molecule has 0 atom stereocenters. The molecule has 1 aromatic heterocycles. The fourth-order valence-corrected chi connectivity index (χ4v) is 2.96. The maximum absolute atomic E-state index is 12.5. The number of hydrogen-bond donors (Lipinski definition) is 1. The van der Waals surface area contributed by atoms with Gasteiger partial charge in [-0.3, -0.25) is 4.79 Å². The largest absolute Gasteiger partial charge is 0.389 e. The van der Waals surface area contributed by atoms with Crippen molar-refractivity contribution in [1.82, 2.24) is 9.88 Å². The van der Waals surface area contributed by atoms with Crippen LogP contribution in [0, 0.1) is 6.92 Å². The minimum atomic E-state index is -0.915. The maximum atomic E-state index is 12.5. The molecule has 22 heavy (non-hydrogen) atoms. The number of likely N-dealkylation sites (N-methyl/N-ethyl adjacent to an activating group) is 1. The number of aryl methyl sites for hydroxylation is 1. The van der Waals surface area contributed by atoms with Gasteiger partial charge in [0, 0.05) is 24.0 Å². The van der Waals surface area contributed by atoms with Crippen LogP contribution in [0.25, 0.3) is 10.6 Å². The third kappa shape index (κ3) is 4.15. The third-order valence-corrected chi connectivity index (χ3v) is 4.16. The second kappa shape index (κ2) is 6.58. The molecular weight excluding hydrogens is 296 g/mol. The molecule has 5 heteroatoms. The predicted octanol–water partition coefficient (Wildman–Crippen LogP) is 3.35. The van der Waals surface area contributed by atoms with Crippen LogP contribution in [0.3, 0.4) is 0 Å². The van der Waals surface area contributed by atoms with Crippen LogP contribution in [0.15, 0.2) is 29.6 Å². The minimum Gasteiger partial charge on any atom is -0.389 e. The van der Waals surface area contributed by atoms with Crippen molar-refractivity contribution in [2.45, 2.75) is 33.3 Å². The van der Waals surface area contributed by atoms with E-state index in [1.54, 1.807) is 24.1 Å². The van der Waals surface area contributed by atoms with Crippen LogP contribution in [-0.4, -0.2) is 39.6 Å². The first-order valence-corrected chi connectivity index (χ1v) is 8.22. The Kier molecular flexibility index (Phi) is 4.98. The molecule has 2 rings (SSSR count). The molecule has 118 valence electrons. The van der Waals surface area contributed by atoms with E-state index < -0.39 is 5.60 Å². The summed E-state index contributed by atoms with van der Waals surface area (Å²) in [5.41, 5.74) is 1.73. The summed E-state index contributed by atoms with van der Waals surface area (Å²) >= 11 is 1.46. The molecular formula is C17H22N2O2S. The number of hydrogen-bond acceptors (Lipinski definition) is 4. The second-order valence-corrected chi connectivity index (χ2v) is 6.89. The summed E-state index contributed by atoms with van der Waals surface area (Å²) in [6.07, 6.45) is 0. The Balaban J connectivity index is 2.19. The van der Waals surface area contributed by atoms with Crippen molar-refractivity contribution in [3.63, 3.8) is 0 Å². The first-order chi connectivity index (χ1) is 10.3. The monoisotopic (exact) mass is 318 g/mol. The van der Waals surface area contributed by atoms with E-state index in [1.165, 1.54) is 16.9 Å². The SMILES string of the molecule is CCN(CC(C)(C)O)C(=O)c1csc(-c2ccc(C)cc2)n1. The van der Waals surface area contributed by atoms with Crippen LogP contribution < -0.4 is 0 Å². The van der Waals surface area contributed by atoms with Crippen LogP contribution in [0.4, 0.5) is 0 Å². The number of benzene rings is 1. The van der Waals surface area contributed by atoms with E-state index in [0.29, 0.717) is 18.8 Å². The highest BCUT2D eigenvalue weighted by Crippen LogP contribution is 2.24. The number of thiazole rings is 1. The molecule has 0 unspecified atom stereocenters. The lowest BCUT2D eigenvalue weighted by Crippen LogP contribution is -2.42. The highest BCUT2D eigenvalue weighted by molar-refractivity contribution is 7.13. The summed E-state index contributed by atoms with van der Waals surface area (Å²) in [5, 5.41) is 12.5. The van der Waals surface area contributed by atoms with Crippen LogP contribution in [0.5, 0.6) is 0 Å². The normalized spacial score (nSPS) is 11.5. The van der Waals surface area contributed by atoms with Gasteiger partial charge >= 0.3 is 0 Å². The lowest BCUT2D eigenvalue weighted by atomic mass is 10.1. The van der Waals surface area contributed by atoms with E-state index >= 15 is 0 Å². The first-order valence-electron chi connectivity index (χ1n) is 7.34. The molecule has 0 aliphatic heterocycles. The van der Waals surface area contributed by atoms with Crippen molar-refractivity contribution in [1.29, 1.82) is 0 Å². The summed E-state index contributed by atoms with van der Waals surface area (Å²) in [7, 11) is 0. The fraction of sp³-hybridized carbons (Fsp3) is 0.412. The molecule has 0 aliphatic carbocycles. The number of aromatic nitrogens is 1. The van der Waals surface area contributed by atoms with Crippen molar-refractivity contribution >= 4 is 17.2 Å². The molecule has 1 aromatic carbocycles. The summed E-state index contributed by atoms with van der Waals surface area (Å²) in [4.78, 5) is 18.6. The zero-order valence-electron chi connectivity index (χ0n) is 13.5. The maximum Gasteiger partial charge on any atom is 0.273 e. The molecule has 0 spiro atoms. The molecule has 1 heterocycles. The van der Waals surface area contributed by atoms with Gasteiger partial charge in [0.15, 0.2) is 0 Å². The van der Waals surface area contributed by atoms with Crippen molar-refractivity contribution < 1.29 is 9.90 Å². The van der Waals surface area contributed by atoms with E-state index in [1.807, 2.05) is 38.1 Å². The highest BCUT2D eigenvalue weighted by atomic mass is 32.1. The highest BCUT2D eigenvalue weighted by Gasteiger charge is 2.24. The van der Waals surface area contributed by atoms with Crippen LogP contribution in [0.2, 0.25) is 0 Å². The molecule has 0 fully saturated rings.